The average molecular weight is 359 g/mol. The third-order valence-corrected chi connectivity index (χ3v) is 5.58. The number of carbonyl (C=O) groups excluding carboxylic acids is 1. The highest BCUT2D eigenvalue weighted by Gasteiger charge is 2.20. The molecule has 0 aromatic heterocycles. The van der Waals surface area contributed by atoms with Gasteiger partial charge in [-0.05, 0) is 56.5 Å². The lowest BCUT2D eigenvalue weighted by Crippen LogP contribution is -2.50. The average Bonchev–Trinajstić information content (AvgIpc) is 2.70. The number of benzene rings is 1. The van der Waals surface area contributed by atoms with E-state index in [0.717, 1.165) is 45.0 Å². The van der Waals surface area contributed by atoms with E-state index in [4.69, 9.17) is 0 Å². The molecule has 2 amide bonds. The number of urea groups is 1. The first kappa shape index (κ1) is 19.0. The molecular formula is C21H34N4O. The Kier molecular flexibility index (Phi) is 7.18. The second-order valence-corrected chi connectivity index (χ2v) is 7.56. The summed E-state index contributed by atoms with van der Waals surface area (Å²) in [5, 5.41) is 3.06. The quantitative estimate of drug-likeness (QED) is 0.781. The molecule has 0 radical (unpaired) electrons. The van der Waals surface area contributed by atoms with Gasteiger partial charge in [0.05, 0.1) is 0 Å². The lowest BCUT2D eigenvalue weighted by Gasteiger charge is -2.34. The highest BCUT2D eigenvalue weighted by atomic mass is 16.2. The predicted octanol–water partition coefficient (Wildman–Crippen LogP) is 4.02. The molecule has 0 atom stereocenters. The second-order valence-electron chi connectivity index (χ2n) is 7.56. The van der Waals surface area contributed by atoms with E-state index < -0.39 is 0 Å². The molecule has 3 rings (SSSR count). The number of rotatable bonds is 6. The summed E-state index contributed by atoms with van der Waals surface area (Å²) in [5.74, 6) is 0. The molecule has 2 saturated heterocycles. The first-order valence-electron chi connectivity index (χ1n) is 10.4. The molecule has 1 aromatic carbocycles. The maximum atomic E-state index is 12.5. The third kappa shape index (κ3) is 5.37. The van der Waals surface area contributed by atoms with Crippen LogP contribution in [0.3, 0.4) is 0 Å². The molecule has 2 heterocycles. The van der Waals surface area contributed by atoms with Crippen molar-refractivity contribution < 1.29 is 4.79 Å². The monoisotopic (exact) mass is 358 g/mol. The van der Waals surface area contributed by atoms with Gasteiger partial charge in [0, 0.05) is 50.6 Å². The van der Waals surface area contributed by atoms with Crippen molar-refractivity contribution in [3.63, 3.8) is 0 Å². The van der Waals surface area contributed by atoms with Crippen molar-refractivity contribution in [1.29, 1.82) is 0 Å². The molecule has 26 heavy (non-hydrogen) atoms. The molecule has 5 nitrogen and oxygen atoms in total. The fourth-order valence-electron chi connectivity index (χ4n) is 3.87. The van der Waals surface area contributed by atoms with Gasteiger partial charge in [0.25, 0.3) is 0 Å². The van der Waals surface area contributed by atoms with Gasteiger partial charge in [-0.3, -0.25) is 4.90 Å². The fourth-order valence-corrected chi connectivity index (χ4v) is 3.87. The van der Waals surface area contributed by atoms with Crippen LogP contribution in [0.2, 0.25) is 0 Å². The van der Waals surface area contributed by atoms with Crippen LogP contribution in [0.25, 0.3) is 0 Å². The largest absolute Gasteiger partial charge is 0.372 e. The zero-order valence-electron chi connectivity index (χ0n) is 16.3. The Hall–Kier alpha value is -1.75. The van der Waals surface area contributed by atoms with Crippen LogP contribution in [-0.2, 0) is 0 Å². The highest BCUT2D eigenvalue weighted by Crippen LogP contribution is 2.22. The molecule has 2 aliphatic rings. The Labute approximate surface area is 158 Å². The van der Waals surface area contributed by atoms with Crippen molar-refractivity contribution in [1.82, 2.24) is 9.80 Å². The number of anilines is 2. The van der Waals surface area contributed by atoms with E-state index in [1.807, 2.05) is 17.0 Å². The minimum atomic E-state index is 0.0314. The van der Waals surface area contributed by atoms with E-state index in [2.05, 4.69) is 34.2 Å². The van der Waals surface area contributed by atoms with Gasteiger partial charge in [0.2, 0.25) is 0 Å². The summed E-state index contributed by atoms with van der Waals surface area (Å²) in [5.41, 5.74) is 2.16. The first-order chi connectivity index (χ1) is 12.8. The molecule has 144 valence electrons. The highest BCUT2D eigenvalue weighted by molar-refractivity contribution is 5.89. The number of unbranched alkanes of at least 4 members (excludes halogenated alkanes) is 2. The number of piperazine rings is 1. The van der Waals surface area contributed by atoms with E-state index in [1.165, 1.54) is 50.8 Å². The molecule has 2 fully saturated rings. The summed E-state index contributed by atoms with van der Waals surface area (Å²) in [6, 6.07) is 8.36. The van der Waals surface area contributed by atoms with Crippen LogP contribution in [0.5, 0.6) is 0 Å². The smallest absolute Gasteiger partial charge is 0.321 e. The van der Waals surface area contributed by atoms with Gasteiger partial charge in [0.15, 0.2) is 0 Å². The molecule has 0 unspecified atom stereocenters. The number of hydrogen-bond donors (Lipinski definition) is 1. The van der Waals surface area contributed by atoms with Crippen LogP contribution in [-0.4, -0.2) is 61.6 Å². The Morgan fingerprint density at radius 2 is 1.62 bits per heavy atom. The van der Waals surface area contributed by atoms with Gasteiger partial charge in [0.1, 0.15) is 0 Å². The van der Waals surface area contributed by atoms with Gasteiger partial charge >= 0.3 is 6.03 Å². The molecule has 1 N–H and O–H groups in total. The van der Waals surface area contributed by atoms with Gasteiger partial charge in [-0.15, -0.1) is 0 Å². The van der Waals surface area contributed by atoms with Crippen molar-refractivity contribution in [3.05, 3.63) is 24.3 Å². The van der Waals surface area contributed by atoms with Crippen molar-refractivity contribution >= 4 is 17.4 Å². The summed E-state index contributed by atoms with van der Waals surface area (Å²) in [6.45, 7) is 9.33. The summed E-state index contributed by atoms with van der Waals surface area (Å²) in [4.78, 5) is 19.4. The van der Waals surface area contributed by atoms with E-state index in [0.29, 0.717) is 0 Å². The van der Waals surface area contributed by atoms with E-state index >= 15 is 0 Å². The van der Waals surface area contributed by atoms with E-state index in [1.54, 1.807) is 0 Å². The SMILES string of the molecule is CCCCCN1CCN(C(=O)Nc2ccc(N3CCCCC3)cc2)CC1. The molecule has 0 aliphatic carbocycles. The number of nitrogens with one attached hydrogen (secondary N) is 1. The Morgan fingerprint density at radius 1 is 0.923 bits per heavy atom. The van der Waals surface area contributed by atoms with Gasteiger partial charge in [-0.1, -0.05) is 19.8 Å². The molecule has 0 saturated carbocycles. The van der Waals surface area contributed by atoms with Gasteiger partial charge in [-0.2, -0.15) is 0 Å². The summed E-state index contributed by atoms with van der Waals surface area (Å²) < 4.78 is 0. The topological polar surface area (TPSA) is 38.8 Å². The van der Waals surface area contributed by atoms with Crippen LogP contribution in [0.1, 0.15) is 45.4 Å². The fraction of sp³-hybridized carbons (Fsp3) is 0.667. The molecule has 0 bridgehead atoms. The number of piperidine rings is 1. The van der Waals surface area contributed by atoms with Crippen LogP contribution < -0.4 is 10.2 Å². The van der Waals surface area contributed by atoms with Crippen molar-refractivity contribution in [2.24, 2.45) is 0 Å². The van der Waals surface area contributed by atoms with Gasteiger partial charge in [-0.25, -0.2) is 4.79 Å². The number of hydrogen-bond acceptors (Lipinski definition) is 3. The maximum Gasteiger partial charge on any atom is 0.321 e. The van der Waals surface area contributed by atoms with Crippen LogP contribution in [0.15, 0.2) is 24.3 Å². The lowest BCUT2D eigenvalue weighted by atomic mass is 10.1. The predicted molar refractivity (Wildman–Crippen MR) is 109 cm³/mol. The first-order valence-corrected chi connectivity index (χ1v) is 10.4. The normalized spacial score (nSPS) is 18.8. The minimum absolute atomic E-state index is 0.0314. The molecule has 1 aromatic rings. The number of nitrogens with zero attached hydrogens (tertiary/aromatic N) is 3. The van der Waals surface area contributed by atoms with E-state index in [-0.39, 0.29) is 6.03 Å². The second kappa shape index (κ2) is 9.81. The summed E-state index contributed by atoms with van der Waals surface area (Å²) in [6.07, 6.45) is 7.74. The molecule has 0 spiro atoms. The van der Waals surface area contributed by atoms with Crippen LogP contribution in [0, 0.1) is 0 Å². The Balaban J connectivity index is 1.43. The molecule has 5 heteroatoms. The Morgan fingerprint density at radius 3 is 2.27 bits per heavy atom. The lowest BCUT2D eigenvalue weighted by molar-refractivity contribution is 0.146. The minimum Gasteiger partial charge on any atom is -0.372 e. The van der Waals surface area contributed by atoms with Crippen LogP contribution >= 0.6 is 0 Å². The summed E-state index contributed by atoms with van der Waals surface area (Å²) >= 11 is 0. The van der Waals surface area contributed by atoms with E-state index in [9.17, 15) is 4.79 Å². The third-order valence-electron chi connectivity index (χ3n) is 5.58. The van der Waals surface area contributed by atoms with Crippen molar-refractivity contribution in [2.45, 2.75) is 45.4 Å². The summed E-state index contributed by atoms with van der Waals surface area (Å²) in [7, 11) is 0. The zero-order chi connectivity index (χ0) is 18.2. The molecular weight excluding hydrogens is 324 g/mol. The zero-order valence-corrected chi connectivity index (χ0v) is 16.3. The Bertz CT molecular complexity index is 546. The van der Waals surface area contributed by atoms with Crippen LogP contribution in [0.4, 0.5) is 16.2 Å². The van der Waals surface area contributed by atoms with Gasteiger partial charge < -0.3 is 15.1 Å². The van der Waals surface area contributed by atoms with Crippen molar-refractivity contribution in [2.75, 3.05) is 56.0 Å². The number of amides is 2. The standard InChI is InChI=1S/C21H34N4O/c1-2-3-5-12-23-15-17-25(18-16-23)21(26)22-19-8-10-20(11-9-19)24-13-6-4-7-14-24/h8-11H,2-7,12-18H2,1H3,(H,22,26). The number of carbonyl (C=O) groups is 1. The molecule has 2 aliphatic heterocycles. The van der Waals surface area contributed by atoms with Crippen molar-refractivity contribution in [3.8, 4) is 0 Å². The maximum absolute atomic E-state index is 12.5.